The maximum Gasteiger partial charge on any atom is 0.328 e. The molecule has 1 aromatic rings. The third kappa shape index (κ3) is 9.29. The number of hydrogen-bond donors (Lipinski definition) is 1. The lowest BCUT2D eigenvalue weighted by Gasteiger charge is -2.41. The van der Waals surface area contributed by atoms with E-state index >= 15 is 0 Å². The van der Waals surface area contributed by atoms with Gasteiger partial charge in [-0.2, -0.15) is 0 Å². The molecule has 0 unspecified atom stereocenters. The Morgan fingerprint density at radius 2 is 1.64 bits per heavy atom. The van der Waals surface area contributed by atoms with Crippen LogP contribution >= 0.6 is 0 Å². The van der Waals surface area contributed by atoms with Gasteiger partial charge in [0.25, 0.3) is 0 Å². The number of likely N-dealkylation sites (N-methyl/N-ethyl adjacent to an activating group) is 2. The summed E-state index contributed by atoms with van der Waals surface area (Å²) < 4.78 is 4.95. The molecule has 1 aliphatic heterocycles. The Kier molecular flexibility index (Phi) is 13.4. The highest BCUT2D eigenvalue weighted by Crippen LogP contribution is 2.35. The number of carbonyl (C=O) groups excluding carboxylic acids is 4. The van der Waals surface area contributed by atoms with Gasteiger partial charge in [0.2, 0.25) is 17.7 Å². The average molecular weight is 615 g/mol. The minimum atomic E-state index is -0.733. The summed E-state index contributed by atoms with van der Waals surface area (Å²) in [7, 11) is 5.01. The first kappa shape index (κ1) is 37.2. The van der Waals surface area contributed by atoms with E-state index < -0.39 is 22.9 Å². The maximum atomic E-state index is 14.2. The molecule has 1 saturated heterocycles. The van der Waals surface area contributed by atoms with E-state index in [1.807, 2.05) is 70.0 Å². The minimum absolute atomic E-state index is 0.0935. The van der Waals surface area contributed by atoms with Crippen LogP contribution < -0.4 is 5.32 Å². The van der Waals surface area contributed by atoms with Gasteiger partial charge in [0.05, 0.1) is 13.7 Å². The largest absolute Gasteiger partial charge is 0.467 e. The second kappa shape index (κ2) is 15.9. The first-order valence-electron chi connectivity index (χ1n) is 16.2. The quantitative estimate of drug-likeness (QED) is 0.329. The van der Waals surface area contributed by atoms with E-state index in [0.717, 1.165) is 18.4 Å². The second-order valence-corrected chi connectivity index (χ2v) is 14.4. The molecule has 0 bridgehead atoms. The van der Waals surface area contributed by atoms with Gasteiger partial charge in [0.15, 0.2) is 0 Å². The number of likely N-dealkylation sites (tertiary alicyclic amines) is 1. The summed E-state index contributed by atoms with van der Waals surface area (Å²) in [5.74, 6) is -1.01. The van der Waals surface area contributed by atoms with E-state index in [1.54, 1.807) is 16.8 Å². The number of rotatable bonds is 13. The molecular formula is C35H58N4O5. The number of nitrogens with zero attached hydrogens (tertiary/aromatic N) is 3. The molecule has 1 fully saturated rings. The van der Waals surface area contributed by atoms with Crippen LogP contribution in [0.3, 0.4) is 0 Å². The van der Waals surface area contributed by atoms with E-state index in [1.165, 1.54) is 7.11 Å². The van der Waals surface area contributed by atoms with Gasteiger partial charge in [-0.1, -0.05) is 85.7 Å². The van der Waals surface area contributed by atoms with Gasteiger partial charge in [0.1, 0.15) is 12.1 Å². The summed E-state index contributed by atoms with van der Waals surface area (Å²) in [6, 6.07) is 8.55. The third-order valence-electron chi connectivity index (χ3n) is 9.33. The first-order valence-corrected chi connectivity index (χ1v) is 16.2. The van der Waals surface area contributed by atoms with E-state index in [2.05, 4.69) is 33.0 Å². The Balaban J connectivity index is 2.21. The zero-order chi connectivity index (χ0) is 33.4. The highest BCUT2D eigenvalue weighted by atomic mass is 16.5. The van der Waals surface area contributed by atoms with Crippen LogP contribution in [0.4, 0.5) is 0 Å². The van der Waals surface area contributed by atoms with Crippen molar-refractivity contribution in [2.75, 3.05) is 40.8 Å². The highest BCUT2D eigenvalue weighted by molar-refractivity contribution is 5.90. The predicted octanol–water partition coefficient (Wildman–Crippen LogP) is 4.49. The summed E-state index contributed by atoms with van der Waals surface area (Å²) in [5.41, 5.74) is 0.128. The molecule has 1 aliphatic rings. The fourth-order valence-electron chi connectivity index (χ4n) is 6.45. The van der Waals surface area contributed by atoms with Crippen molar-refractivity contribution >= 4 is 23.7 Å². The first-order chi connectivity index (χ1) is 20.5. The van der Waals surface area contributed by atoms with Crippen molar-refractivity contribution in [3.8, 4) is 0 Å². The number of esters is 1. The Morgan fingerprint density at radius 3 is 2.16 bits per heavy atom. The molecule has 0 aromatic heterocycles. The van der Waals surface area contributed by atoms with Gasteiger partial charge in [-0.05, 0) is 49.6 Å². The van der Waals surface area contributed by atoms with Gasteiger partial charge in [-0.3, -0.25) is 19.3 Å². The van der Waals surface area contributed by atoms with Crippen LogP contribution in [0.25, 0.3) is 0 Å². The Hall–Kier alpha value is -2.94. The molecule has 0 spiro atoms. The van der Waals surface area contributed by atoms with Crippen LogP contribution in [0.2, 0.25) is 0 Å². The van der Waals surface area contributed by atoms with Crippen LogP contribution in [0.15, 0.2) is 30.3 Å². The van der Waals surface area contributed by atoms with E-state index in [9.17, 15) is 19.2 Å². The zero-order valence-corrected chi connectivity index (χ0v) is 29.1. The molecule has 4 atom stereocenters. The van der Waals surface area contributed by atoms with Crippen molar-refractivity contribution in [2.24, 2.45) is 17.3 Å². The molecule has 0 radical (unpaired) electrons. The summed E-state index contributed by atoms with van der Waals surface area (Å²) in [5, 5.41) is 3.16. The Bertz CT molecular complexity index is 1110. The van der Waals surface area contributed by atoms with Crippen LogP contribution in [0, 0.1) is 17.3 Å². The number of ether oxygens (including phenoxy) is 1. The van der Waals surface area contributed by atoms with Crippen molar-refractivity contribution in [1.82, 2.24) is 20.0 Å². The molecule has 9 nitrogen and oxygen atoms in total. The van der Waals surface area contributed by atoms with E-state index in [4.69, 9.17) is 4.74 Å². The number of piperidine rings is 1. The van der Waals surface area contributed by atoms with Crippen LogP contribution in [-0.4, -0.2) is 97.4 Å². The maximum absolute atomic E-state index is 14.2. The van der Waals surface area contributed by atoms with Crippen LogP contribution in [-0.2, 0) is 29.3 Å². The summed E-state index contributed by atoms with van der Waals surface area (Å²) in [4.78, 5) is 58.9. The van der Waals surface area contributed by atoms with Gasteiger partial charge in [-0.25, -0.2) is 4.79 Å². The summed E-state index contributed by atoms with van der Waals surface area (Å²) in [6.45, 7) is 17.3. The normalized spacial score (nSPS) is 18.0. The summed E-state index contributed by atoms with van der Waals surface area (Å²) >= 11 is 0. The second-order valence-electron chi connectivity index (χ2n) is 14.4. The van der Waals surface area contributed by atoms with Crippen molar-refractivity contribution in [3.05, 3.63) is 35.9 Å². The fourth-order valence-corrected chi connectivity index (χ4v) is 6.45. The van der Waals surface area contributed by atoms with Crippen molar-refractivity contribution < 1.29 is 23.9 Å². The SMILES string of the molecule is CC[C@H](C(=O)N[C@H](C(=O)N(C)[C@H](CN(C)CC(=O)N1CCCC[C@H]1C(=O)OC)C(C)C)C(C)(C)C)C(C)(C)c1ccccc1. The molecule has 0 saturated carbocycles. The molecule has 0 aliphatic carbocycles. The monoisotopic (exact) mass is 614 g/mol. The van der Waals surface area contributed by atoms with Crippen molar-refractivity contribution in [1.29, 1.82) is 0 Å². The Morgan fingerprint density at radius 1 is 1.02 bits per heavy atom. The molecule has 248 valence electrons. The fraction of sp³-hybridized carbons (Fsp3) is 0.714. The Labute approximate surface area is 266 Å². The lowest BCUT2D eigenvalue weighted by atomic mass is 9.71. The average Bonchev–Trinajstić information content (AvgIpc) is 2.97. The zero-order valence-electron chi connectivity index (χ0n) is 29.1. The van der Waals surface area contributed by atoms with Crippen LogP contribution in [0.1, 0.15) is 86.6 Å². The molecule has 9 heteroatoms. The molecule has 2 rings (SSSR count). The van der Waals surface area contributed by atoms with Gasteiger partial charge in [-0.15, -0.1) is 0 Å². The number of nitrogens with one attached hydrogen (secondary N) is 1. The topological polar surface area (TPSA) is 99.3 Å². The highest BCUT2D eigenvalue weighted by Gasteiger charge is 2.42. The van der Waals surface area contributed by atoms with Crippen LogP contribution in [0.5, 0.6) is 0 Å². The predicted molar refractivity (Wildman–Crippen MR) is 175 cm³/mol. The molecular weight excluding hydrogens is 556 g/mol. The van der Waals surface area contributed by atoms with E-state index in [-0.39, 0.29) is 48.1 Å². The van der Waals surface area contributed by atoms with Gasteiger partial charge in [0, 0.05) is 37.5 Å². The number of amides is 3. The van der Waals surface area contributed by atoms with Gasteiger partial charge >= 0.3 is 5.97 Å². The van der Waals surface area contributed by atoms with Crippen molar-refractivity contribution in [2.45, 2.75) is 105 Å². The molecule has 1 aromatic carbocycles. The summed E-state index contributed by atoms with van der Waals surface area (Å²) in [6.07, 6.45) is 2.98. The number of methoxy groups -OCH3 is 1. The van der Waals surface area contributed by atoms with Crippen molar-refractivity contribution in [3.63, 3.8) is 0 Å². The smallest absolute Gasteiger partial charge is 0.328 e. The lowest BCUT2D eigenvalue weighted by molar-refractivity contribution is -0.155. The molecule has 44 heavy (non-hydrogen) atoms. The lowest BCUT2D eigenvalue weighted by Crippen LogP contribution is -2.59. The number of hydrogen-bond acceptors (Lipinski definition) is 6. The number of carbonyl (C=O) groups is 4. The molecule has 3 amide bonds. The molecule has 1 N–H and O–H groups in total. The van der Waals surface area contributed by atoms with E-state index in [0.29, 0.717) is 25.9 Å². The van der Waals surface area contributed by atoms with Gasteiger partial charge < -0.3 is 19.9 Å². The molecule has 1 heterocycles. The standard InChI is InChI=1S/C35H58N4O5/c1-12-26(35(7,8)25-18-14-13-15-19-25)31(41)36-30(34(4,5)6)32(42)38(10)28(24(2)3)22-37(9)23-29(40)39-21-17-16-20-27(39)33(43)44-11/h13-15,18-19,24,26-28,30H,12,16-17,20-23H2,1-11H3,(H,36,41)/t26-,27+,28-,30-/m1/s1. The number of benzene rings is 1. The minimum Gasteiger partial charge on any atom is -0.467 e. The third-order valence-corrected chi connectivity index (χ3v) is 9.33.